The summed E-state index contributed by atoms with van der Waals surface area (Å²) in [5.41, 5.74) is 0. The van der Waals surface area contributed by atoms with Gasteiger partial charge in [0.2, 0.25) is 0 Å². The summed E-state index contributed by atoms with van der Waals surface area (Å²) in [6, 6.07) is 0. The van der Waals surface area contributed by atoms with Crippen LogP contribution in [0.3, 0.4) is 0 Å². The summed E-state index contributed by atoms with van der Waals surface area (Å²) in [5, 5.41) is 0. The molecule has 0 aliphatic rings. The van der Waals surface area contributed by atoms with Gasteiger partial charge >= 0.3 is 17.9 Å². The first-order valence-corrected chi connectivity index (χ1v) is 33.9. The predicted octanol–water partition coefficient (Wildman–Crippen LogP) is 23.3. The van der Waals surface area contributed by atoms with Gasteiger partial charge in [0.1, 0.15) is 13.2 Å². The lowest BCUT2D eigenvalue weighted by Crippen LogP contribution is -2.30. The van der Waals surface area contributed by atoms with Crippen molar-refractivity contribution < 1.29 is 28.6 Å². The summed E-state index contributed by atoms with van der Waals surface area (Å²) in [5.74, 6) is -0.887. The van der Waals surface area contributed by atoms with Crippen molar-refractivity contribution in [1.29, 1.82) is 0 Å². The number of allylic oxidation sites excluding steroid dienone is 12. The summed E-state index contributed by atoms with van der Waals surface area (Å²) in [7, 11) is 0. The Morgan fingerprint density at radius 1 is 0.256 bits per heavy atom. The molecule has 0 aromatic carbocycles. The fraction of sp³-hybridized carbons (Fsp3) is 0.792. The van der Waals surface area contributed by atoms with E-state index < -0.39 is 6.10 Å². The van der Waals surface area contributed by atoms with Crippen LogP contribution in [0, 0.1) is 0 Å². The minimum absolute atomic E-state index is 0.0833. The molecule has 0 aromatic heterocycles. The highest BCUT2D eigenvalue weighted by Gasteiger charge is 2.19. The Balaban J connectivity index is 4.40. The Kier molecular flexibility index (Phi) is 63.7. The van der Waals surface area contributed by atoms with Crippen LogP contribution in [0.2, 0.25) is 0 Å². The molecule has 0 aliphatic carbocycles. The van der Waals surface area contributed by atoms with Gasteiger partial charge in [-0.05, 0) is 116 Å². The number of hydrogen-bond acceptors (Lipinski definition) is 6. The van der Waals surface area contributed by atoms with E-state index in [9.17, 15) is 14.4 Å². The van der Waals surface area contributed by atoms with Crippen molar-refractivity contribution in [3.05, 3.63) is 72.9 Å². The SMILES string of the molecule is CCCCCC/C=C\C/C=C\CCCCCCCCCC(=O)OCC(COC(=O)CCCCCCCC/C=C\C/C=C\C/C=C\CCCCCCC)OC(=O)CCCCCCCCCCC/C=C\CCCCCCCCCC. The Labute approximate surface area is 484 Å². The molecule has 0 saturated heterocycles. The minimum Gasteiger partial charge on any atom is -0.462 e. The quantitative estimate of drug-likeness (QED) is 0.0261. The molecule has 0 bridgehead atoms. The zero-order valence-electron chi connectivity index (χ0n) is 51.9. The summed E-state index contributed by atoms with van der Waals surface area (Å²) >= 11 is 0. The lowest BCUT2D eigenvalue weighted by molar-refractivity contribution is -0.167. The average molecular weight is 1090 g/mol. The van der Waals surface area contributed by atoms with Crippen LogP contribution in [0.5, 0.6) is 0 Å². The summed E-state index contributed by atoms with van der Waals surface area (Å²) in [6.07, 6.45) is 86.2. The third-order valence-corrected chi connectivity index (χ3v) is 14.9. The van der Waals surface area contributed by atoms with Gasteiger partial charge < -0.3 is 14.2 Å². The van der Waals surface area contributed by atoms with Crippen LogP contribution in [0.4, 0.5) is 0 Å². The standard InChI is InChI=1S/C72H128O6/c1-4-7-10-13-16-19-22-25-28-31-34-36-38-41-44-47-50-53-56-59-62-65-71(74)77-68-69(67-76-70(73)64-61-58-55-52-49-46-43-40-33-30-27-24-21-18-15-12-9-6-3)78-72(75)66-63-60-57-54-51-48-45-42-39-37-35-32-29-26-23-20-17-14-11-8-5-2/h21-22,24-25,30-35,38,41,69H,4-20,23,26-29,36-37,39-40,42-68H2,1-3H3/b24-21-,25-22-,33-30-,34-31-,35-32-,41-38-. The van der Waals surface area contributed by atoms with Crippen LogP contribution in [-0.4, -0.2) is 37.2 Å². The largest absolute Gasteiger partial charge is 0.462 e. The third-order valence-electron chi connectivity index (χ3n) is 14.9. The minimum atomic E-state index is -0.788. The summed E-state index contributed by atoms with van der Waals surface area (Å²) in [6.45, 7) is 6.64. The molecule has 452 valence electrons. The average Bonchev–Trinajstić information content (AvgIpc) is 3.44. The van der Waals surface area contributed by atoms with E-state index in [1.807, 2.05) is 0 Å². The second-order valence-electron chi connectivity index (χ2n) is 22.7. The van der Waals surface area contributed by atoms with Gasteiger partial charge in [0.15, 0.2) is 6.10 Å². The zero-order valence-corrected chi connectivity index (χ0v) is 51.9. The van der Waals surface area contributed by atoms with E-state index in [1.54, 1.807) is 0 Å². The van der Waals surface area contributed by atoms with Crippen molar-refractivity contribution in [2.24, 2.45) is 0 Å². The van der Waals surface area contributed by atoms with E-state index in [0.29, 0.717) is 19.3 Å². The normalized spacial score (nSPS) is 12.5. The lowest BCUT2D eigenvalue weighted by Gasteiger charge is -2.18. The van der Waals surface area contributed by atoms with Crippen LogP contribution in [0.1, 0.15) is 348 Å². The Bertz CT molecular complexity index is 1440. The molecule has 0 heterocycles. The molecule has 0 aliphatic heterocycles. The topological polar surface area (TPSA) is 78.9 Å². The molecule has 0 N–H and O–H groups in total. The van der Waals surface area contributed by atoms with E-state index in [-0.39, 0.29) is 31.1 Å². The first kappa shape index (κ1) is 74.8. The molecule has 1 atom stereocenters. The molecular formula is C72H128O6. The fourth-order valence-electron chi connectivity index (χ4n) is 9.77. The molecule has 6 nitrogen and oxygen atoms in total. The van der Waals surface area contributed by atoms with E-state index in [2.05, 4.69) is 93.7 Å². The number of rotatable bonds is 62. The molecule has 0 spiro atoms. The van der Waals surface area contributed by atoms with Crippen molar-refractivity contribution in [2.75, 3.05) is 13.2 Å². The van der Waals surface area contributed by atoms with Gasteiger partial charge in [0.25, 0.3) is 0 Å². The zero-order chi connectivity index (χ0) is 56.4. The molecule has 0 amide bonds. The molecule has 1 unspecified atom stereocenters. The van der Waals surface area contributed by atoms with Gasteiger partial charge in [-0.3, -0.25) is 14.4 Å². The highest BCUT2D eigenvalue weighted by molar-refractivity contribution is 5.71. The Morgan fingerprint density at radius 2 is 0.462 bits per heavy atom. The van der Waals surface area contributed by atoms with Crippen molar-refractivity contribution >= 4 is 17.9 Å². The van der Waals surface area contributed by atoms with Crippen molar-refractivity contribution in [3.8, 4) is 0 Å². The maximum absolute atomic E-state index is 12.9. The van der Waals surface area contributed by atoms with Gasteiger partial charge in [0, 0.05) is 19.3 Å². The molecule has 0 fully saturated rings. The molecule has 0 radical (unpaired) electrons. The number of ether oxygens (including phenoxy) is 3. The van der Waals surface area contributed by atoms with E-state index in [0.717, 1.165) is 89.9 Å². The first-order valence-electron chi connectivity index (χ1n) is 33.9. The first-order chi connectivity index (χ1) is 38.5. The maximum Gasteiger partial charge on any atom is 0.306 e. The maximum atomic E-state index is 12.9. The molecule has 0 aromatic rings. The van der Waals surface area contributed by atoms with Gasteiger partial charge in [-0.15, -0.1) is 0 Å². The van der Waals surface area contributed by atoms with Crippen molar-refractivity contribution in [3.63, 3.8) is 0 Å². The van der Waals surface area contributed by atoms with E-state index >= 15 is 0 Å². The van der Waals surface area contributed by atoms with Gasteiger partial charge in [-0.25, -0.2) is 0 Å². The highest BCUT2D eigenvalue weighted by Crippen LogP contribution is 2.16. The van der Waals surface area contributed by atoms with Gasteiger partial charge in [0.05, 0.1) is 0 Å². The number of esters is 3. The number of carbonyl (C=O) groups is 3. The van der Waals surface area contributed by atoms with Crippen molar-refractivity contribution in [2.45, 2.75) is 354 Å². The molecule has 0 rings (SSSR count). The Hall–Kier alpha value is -3.15. The third kappa shape index (κ3) is 63.7. The van der Waals surface area contributed by atoms with Gasteiger partial charge in [-0.1, -0.05) is 286 Å². The fourth-order valence-corrected chi connectivity index (χ4v) is 9.77. The second-order valence-corrected chi connectivity index (χ2v) is 22.7. The number of carbonyl (C=O) groups excluding carboxylic acids is 3. The number of hydrogen-bond donors (Lipinski definition) is 0. The number of unbranched alkanes of at least 4 members (excludes halogenated alkanes) is 39. The molecule has 78 heavy (non-hydrogen) atoms. The molecule has 0 saturated carbocycles. The Morgan fingerprint density at radius 3 is 0.744 bits per heavy atom. The predicted molar refractivity (Wildman–Crippen MR) is 339 cm³/mol. The molecule has 6 heteroatoms. The summed E-state index contributed by atoms with van der Waals surface area (Å²) < 4.78 is 17.0. The van der Waals surface area contributed by atoms with Crippen LogP contribution < -0.4 is 0 Å². The lowest BCUT2D eigenvalue weighted by atomic mass is 10.1. The van der Waals surface area contributed by atoms with Crippen LogP contribution in [0.25, 0.3) is 0 Å². The smallest absolute Gasteiger partial charge is 0.306 e. The van der Waals surface area contributed by atoms with E-state index in [1.165, 1.54) is 218 Å². The van der Waals surface area contributed by atoms with Crippen LogP contribution in [0.15, 0.2) is 72.9 Å². The highest BCUT2D eigenvalue weighted by atomic mass is 16.6. The molecular weight excluding hydrogens is 961 g/mol. The second kappa shape index (κ2) is 66.4. The van der Waals surface area contributed by atoms with Gasteiger partial charge in [-0.2, -0.15) is 0 Å². The van der Waals surface area contributed by atoms with E-state index in [4.69, 9.17) is 14.2 Å². The summed E-state index contributed by atoms with van der Waals surface area (Å²) in [4.78, 5) is 38.4. The van der Waals surface area contributed by atoms with Crippen molar-refractivity contribution in [1.82, 2.24) is 0 Å². The van der Waals surface area contributed by atoms with Crippen LogP contribution >= 0.6 is 0 Å². The monoisotopic (exact) mass is 1090 g/mol. The van der Waals surface area contributed by atoms with Crippen LogP contribution in [-0.2, 0) is 28.6 Å².